The Morgan fingerprint density at radius 2 is 1.94 bits per heavy atom. The zero-order chi connectivity index (χ0) is 12.3. The second kappa shape index (κ2) is 4.38. The fraction of sp³-hybridized carbons (Fsp3) is 0. The first kappa shape index (κ1) is 11.3. The van der Waals surface area contributed by atoms with E-state index >= 15 is 0 Å². The van der Waals surface area contributed by atoms with E-state index in [9.17, 15) is 13.2 Å². The lowest BCUT2D eigenvalue weighted by molar-refractivity contribution is 0.112. The van der Waals surface area contributed by atoms with Crippen LogP contribution in [0.5, 0.6) is 0 Å². The van der Waals surface area contributed by atoms with Crippen LogP contribution in [-0.2, 0) is 10.0 Å². The van der Waals surface area contributed by atoms with Gasteiger partial charge in [-0.2, -0.15) is 5.10 Å². The van der Waals surface area contributed by atoms with Crippen molar-refractivity contribution in [2.24, 2.45) is 0 Å². The van der Waals surface area contributed by atoms with E-state index < -0.39 is 10.0 Å². The number of aromatic nitrogens is 2. The molecule has 0 atom stereocenters. The van der Waals surface area contributed by atoms with Crippen LogP contribution in [-0.4, -0.2) is 24.9 Å². The molecule has 2 N–H and O–H groups in total. The number of carbonyl (C=O) groups excluding carboxylic acids is 1. The third kappa shape index (κ3) is 2.51. The number of hydrogen-bond acceptors (Lipinski definition) is 4. The van der Waals surface area contributed by atoms with Crippen molar-refractivity contribution in [2.45, 2.75) is 4.90 Å². The fourth-order valence-corrected chi connectivity index (χ4v) is 2.19. The highest BCUT2D eigenvalue weighted by Crippen LogP contribution is 2.14. The molecule has 0 fully saturated rings. The Hall–Kier alpha value is -2.15. The average Bonchev–Trinajstić information content (AvgIpc) is 2.84. The number of sulfonamides is 1. The number of anilines is 1. The summed E-state index contributed by atoms with van der Waals surface area (Å²) in [4.78, 5) is 10.5. The monoisotopic (exact) mass is 251 g/mol. The molecule has 0 bridgehead atoms. The van der Waals surface area contributed by atoms with Gasteiger partial charge >= 0.3 is 0 Å². The summed E-state index contributed by atoms with van der Waals surface area (Å²) in [6.45, 7) is 0. The molecule has 1 aromatic carbocycles. The second-order valence-corrected chi connectivity index (χ2v) is 4.96. The quantitative estimate of drug-likeness (QED) is 0.793. The van der Waals surface area contributed by atoms with Crippen molar-refractivity contribution in [3.05, 3.63) is 42.2 Å². The average molecular weight is 251 g/mol. The summed E-state index contributed by atoms with van der Waals surface area (Å²) < 4.78 is 25.9. The Bertz CT molecular complexity index is 603. The van der Waals surface area contributed by atoms with E-state index in [0.29, 0.717) is 17.5 Å². The molecule has 0 radical (unpaired) electrons. The molecule has 6 nitrogen and oxygen atoms in total. The normalized spacial score (nSPS) is 11.1. The van der Waals surface area contributed by atoms with E-state index in [2.05, 4.69) is 14.9 Å². The van der Waals surface area contributed by atoms with Crippen molar-refractivity contribution in [1.82, 2.24) is 10.2 Å². The molecular formula is C10H9N3O3S. The van der Waals surface area contributed by atoms with Crippen LogP contribution in [0.2, 0.25) is 0 Å². The molecule has 0 saturated heterocycles. The van der Waals surface area contributed by atoms with Crippen molar-refractivity contribution < 1.29 is 13.2 Å². The molecule has 7 heteroatoms. The molecule has 0 aliphatic rings. The van der Waals surface area contributed by atoms with Gasteiger partial charge in [-0.05, 0) is 24.3 Å². The summed E-state index contributed by atoms with van der Waals surface area (Å²) in [6, 6.07) is 6.09. The Morgan fingerprint density at radius 3 is 2.47 bits per heavy atom. The van der Waals surface area contributed by atoms with Crippen LogP contribution in [0, 0.1) is 0 Å². The van der Waals surface area contributed by atoms with E-state index in [4.69, 9.17) is 0 Å². The van der Waals surface area contributed by atoms with E-state index in [1.54, 1.807) is 0 Å². The molecule has 0 saturated carbocycles. The van der Waals surface area contributed by atoms with Crippen LogP contribution in [0.3, 0.4) is 0 Å². The first-order valence-electron chi connectivity index (χ1n) is 4.69. The molecular weight excluding hydrogens is 242 g/mol. The molecule has 0 amide bonds. The number of nitrogens with zero attached hydrogens (tertiary/aromatic N) is 1. The molecule has 1 aromatic heterocycles. The minimum absolute atomic E-state index is 0.0527. The van der Waals surface area contributed by atoms with Crippen molar-refractivity contribution in [3.8, 4) is 0 Å². The van der Waals surface area contributed by atoms with Crippen molar-refractivity contribution >= 4 is 22.0 Å². The molecule has 0 aliphatic carbocycles. The minimum Gasteiger partial charge on any atom is -0.298 e. The Morgan fingerprint density at radius 1 is 1.24 bits per heavy atom. The second-order valence-electron chi connectivity index (χ2n) is 3.28. The number of carbonyl (C=O) groups is 1. The van der Waals surface area contributed by atoms with E-state index in [-0.39, 0.29) is 4.90 Å². The predicted octanol–water partition coefficient (Wildman–Crippen LogP) is 1.02. The topological polar surface area (TPSA) is 91.9 Å². The number of rotatable bonds is 4. The lowest BCUT2D eigenvalue weighted by atomic mass is 10.2. The molecule has 1 heterocycles. The van der Waals surface area contributed by atoms with Gasteiger partial charge in [-0.3, -0.25) is 14.6 Å². The molecule has 17 heavy (non-hydrogen) atoms. The SMILES string of the molecule is O=Cc1ccc(NS(=O)(=O)c2cn[nH]c2)cc1. The maximum Gasteiger partial charge on any atom is 0.265 e. The lowest BCUT2D eigenvalue weighted by Gasteiger charge is -2.05. The van der Waals surface area contributed by atoms with Gasteiger partial charge < -0.3 is 0 Å². The third-order valence-corrected chi connectivity index (χ3v) is 3.43. The summed E-state index contributed by atoms with van der Waals surface area (Å²) in [7, 11) is -3.62. The van der Waals surface area contributed by atoms with E-state index in [1.165, 1.54) is 36.7 Å². The number of H-pyrrole nitrogens is 1. The van der Waals surface area contributed by atoms with Crippen LogP contribution in [0.15, 0.2) is 41.6 Å². The summed E-state index contributed by atoms with van der Waals surface area (Å²) in [6.07, 6.45) is 3.18. The summed E-state index contributed by atoms with van der Waals surface area (Å²) in [5.74, 6) is 0. The van der Waals surface area contributed by atoms with Crippen molar-refractivity contribution in [2.75, 3.05) is 4.72 Å². The molecule has 0 aliphatic heterocycles. The zero-order valence-corrected chi connectivity index (χ0v) is 9.44. The minimum atomic E-state index is -3.62. The number of hydrogen-bond donors (Lipinski definition) is 2. The largest absolute Gasteiger partial charge is 0.298 e. The first-order chi connectivity index (χ1) is 8.12. The summed E-state index contributed by atoms with van der Waals surface area (Å²) in [5, 5.41) is 5.99. The smallest absolute Gasteiger partial charge is 0.265 e. The van der Waals surface area contributed by atoms with Gasteiger partial charge in [-0.1, -0.05) is 0 Å². The van der Waals surface area contributed by atoms with Crippen LogP contribution < -0.4 is 4.72 Å². The predicted molar refractivity (Wildman–Crippen MR) is 61.2 cm³/mol. The maximum absolute atomic E-state index is 11.8. The number of nitrogens with one attached hydrogen (secondary N) is 2. The van der Waals surface area contributed by atoms with Crippen LogP contribution in [0.25, 0.3) is 0 Å². The Labute approximate surface area is 97.7 Å². The van der Waals surface area contributed by atoms with Gasteiger partial charge in [-0.25, -0.2) is 8.42 Å². The summed E-state index contributed by atoms with van der Waals surface area (Å²) in [5.41, 5.74) is 0.869. The Kier molecular flexibility index (Phi) is 2.92. The number of aldehydes is 1. The van der Waals surface area contributed by atoms with Gasteiger partial charge in [-0.15, -0.1) is 0 Å². The van der Waals surface area contributed by atoms with Gasteiger partial charge in [0.05, 0.1) is 6.20 Å². The van der Waals surface area contributed by atoms with E-state index in [0.717, 1.165) is 0 Å². The van der Waals surface area contributed by atoms with Gasteiger partial charge in [0.1, 0.15) is 11.2 Å². The fourth-order valence-electron chi connectivity index (χ4n) is 1.23. The van der Waals surface area contributed by atoms with Crippen LogP contribution in [0.1, 0.15) is 10.4 Å². The first-order valence-corrected chi connectivity index (χ1v) is 6.17. The van der Waals surface area contributed by atoms with Gasteiger partial charge in [0, 0.05) is 17.4 Å². The number of benzene rings is 1. The molecule has 2 aromatic rings. The molecule has 88 valence electrons. The van der Waals surface area contributed by atoms with Crippen LogP contribution in [0.4, 0.5) is 5.69 Å². The van der Waals surface area contributed by atoms with Crippen molar-refractivity contribution in [3.63, 3.8) is 0 Å². The highest BCUT2D eigenvalue weighted by molar-refractivity contribution is 7.92. The third-order valence-electron chi connectivity index (χ3n) is 2.08. The van der Waals surface area contributed by atoms with Crippen LogP contribution >= 0.6 is 0 Å². The van der Waals surface area contributed by atoms with Crippen molar-refractivity contribution in [1.29, 1.82) is 0 Å². The maximum atomic E-state index is 11.8. The Balaban J connectivity index is 2.23. The standard InChI is InChI=1S/C10H9N3O3S/c14-7-8-1-3-9(4-2-8)13-17(15,16)10-5-11-12-6-10/h1-7,13H,(H,11,12). The van der Waals surface area contributed by atoms with Gasteiger partial charge in [0.25, 0.3) is 10.0 Å². The van der Waals surface area contributed by atoms with E-state index in [1.807, 2.05) is 0 Å². The lowest BCUT2D eigenvalue weighted by Crippen LogP contribution is -2.12. The highest BCUT2D eigenvalue weighted by atomic mass is 32.2. The zero-order valence-electron chi connectivity index (χ0n) is 8.62. The van der Waals surface area contributed by atoms with Gasteiger partial charge in [0.2, 0.25) is 0 Å². The summed E-state index contributed by atoms with van der Waals surface area (Å²) >= 11 is 0. The highest BCUT2D eigenvalue weighted by Gasteiger charge is 2.14. The molecule has 0 unspecified atom stereocenters. The molecule has 0 spiro atoms. The van der Waals surface area contributed by atoms with Gasteiger partial charge in [0.15, 0.2) is 0 Å². The number of aromatic amines is 1. The molecule has 2 rings (SSSR count).